The Morgan fingerprint density at radius 1 is 0.950 bits per heavy atom. The summed E-state index contributed by atoms with van der Waals surface area (Å²) in [5.74, 6) is 0.917. The van der Waals surface area contributed by atoms with E-state index in [0.717, 1.165) is 25.0 Å². The SMILES string of the molecule is COc1ccc(CCCC[C@H](N)c2ccccc2)cc1. The molecule has 0 fully saturated rings. The summed E-state index contributed by atoms with van der Waals surface area (Å²) in [5, 5.41) is 0. The van der Waals surface area contributed by atoms with Crippen molar-refractivity contribution in [3.8, 4) is 5.75 Å². The number of benzene rings is 2. The van der Waals surface area contributed by atoms with E-state index in [1.807, 2.05) is 30.3 Å². The Morgan fingerprint density at radius 2 is 1.65 bits per heavy atom. The first-order valence-corrected chi connectivity index (χ1v) is 7.23. The van der Waals surface area contributed by atoms with Crippen LogP contribution in [0.15, 0.2) is 54.6 Å². The van der Waals surface area contributed by atoms with Gasteiger partial charge in [0.2, 0.25) is 0 Å². The number of unbranched alkanes of at least 4 members (excludes halogenated alkanes) is 1. The molecule has 0 saturated heterocycles. The summed E-state index contributed by atoms with van der Waals surface area (Å²) in [6.07, 6.45) is 4.47. The number of aryl methyl sites for hydroxylation is 1. The molecule has 0 aliphatic rings. The third kappa shape index (κ3) is 4.39. The standard InChI is InChI=1S/C18H23NO/c1-20-17-13-11-15(12-14-17)7-5-6-10-18(19)16-8-3-2-4-9-16/h2-4,8-9,11-14,18H,5-7,10,19H2,1H3/t18-/m0/s1. The molecule has 0 aliphatic heterocycles. The Morgan fingerprint density at radius 3 is 2.30 bits per heavy atom. The molecule has 0 heterocycles. The summed E-state index contributed by atoms with van der Waals surface area (Å²) in [5.41, 5.74) is 8.79. The number of methoxy groups -OCH3 is 1. The van der Waals surface area contributed by atoms with Gasteiger partial charge in [-0.2, -0.15) is 0 Å². The highest BCUT2D eigenvalue weighted by molar-refractivity contribution is 5.27. The summed E-state index contributed by atoms with van der Waals surface area (Å²) in [6.45, 7) is 0. The van der Waals surface area contributed by atoms with E-state index in [0.29, 0.717) is 0 Å². The summed E-state index contributed by atoms with van der Waals surface area (Å²) < 4.78 is 5.16. The second-order valence-electron chi connectivity index (χ2n) is 5.11. The molecule has 0 aliphatic carbocycles. The molecule has 0 saturated carbocycles. The van der Waals surface area contributed by atoms with Gasteiger partial charge < -0.3 is 10.5 Å². The molecular formula is C18H23NO. The van der Waals surface area contributed by atoms with Gasteiger partial charge in [-0.25, -0.2) is 0 Å². The number of hydrogen-bond acceptors (Lipinski definition) is 2. The van der Waals surface area contributed by atoms with E-state index in [9.17, 15) is 0 Å². The molecule has 2 rings (SSSR count). The Hall–Kier alpha value is -1.80. The zero-order chi connectivity index (χ0) is 14.2. The molecule has 0 spiro atoms. The Bertz CT molecular complexity index is 493. The summed E-state index contributed by atoms with van der Waals surface area (Å²) in [7, 11) is 1.69. The molecule has 0 bridgehead atoms. The van der Waals surface area contributed by atoms with Crippen molar-refractivity contribution in [2.75, 3.05) is 7.11 Å². The minimum atomic E-state index is 0.159. The molecule has 0 aromatic heterocycles. The molecule has 2 nitrogen and oxygen atoms in total. The topological polar surface area (TPSA) is 35.2 Å². The fourth-order valence-corrected chi connectivity index (χ4v) is 2.35. The first kappa shape index (κ1) is 14.6. The molecule has 20 heavy (non-hydrogen) atoms. The molecule has 106 valence electrons. The second kappa shape index (κ2) is 7.71. The van der Waals surface area contributed by atoms with Crippen LogP contribution in [0.25, 0.3) is 0 Å². The average molecular weight is 269 g/mol. The van der Waals surface area contributed by atoms with Gasteiger partial charge in [-0.3, -0.25) is 0 Å². The van der Waals surface area contributed by atoms with E-state index in [-0.39, 0.29) is 6.04 Å². The quantitative estimate of drug-likeness (QED) is 0.768. The van der Waals surface area contributed by atoms with Crippen LogP contribution in [0.3, 0.4) is 0 Å². The molecule has 0 unspecified atom stereocenters. The minimum Gasteiger partial charge on any atom is -0.497 e. The lowest BCUT2D eigenvalue weighted by molar-refractivity contribution is 0.414. The highest BCUT2D eigenvalue weighted by atomic mass is 16.5. The highest BCUT2D eigenvalue weighted by Gasteiger charge is 2.04. The molecule has 2 heteroatoms. The maximum atomic E-state index is 6.20. The van der Waals surface area contributed by atoms with E-state index in [1.165, 1.54) is 17.5 Å². The van der Waals surface area contributed by atoms with Crippen LogP contribution in [0.4, 0.5) is 0 Å². The van der Waals surface area contributed by atoms with Gasteiger partial charge in [0, 0.05) is 6.04 Å². The second-order valence-corrected chi connectivity index (χ2v) is 5.11. The van der Waals surface area contributed by atoms with E-state index in [2.05, 4.69) is 24.3 Å². The van der Waals surface area contributed by atoms with Gasteiger partial charge in [-0.1, -0.05) is 48.9 Å². The van der Waals surface area contributed by atoms with Gasteiger partial charge in [0.15, 0.2) is 0 Å². The van der Waals surface area contributed by atoms with Crippen molar-refractivity contribution < 1.29 is 4.74 Å². The van der Waals surface area contributed by atoms with Gasteiger partial charge in [0.1, 0.15) is 5.75 Å². The van der Waals surface area contributed by atoms with Crippen LogP contribution in [-0.4, -0.2) is 7.11 Å². The van der Waals surface area contributed by atoms with Crippen LogP contribution in [0.5, 0.6) is 5.75 Å². The average Bonchev–Trinajstić information content (AvgIpc) is 2.53. The van der Waals surface area contributed by atoms with Crippen molar-refractivity contribution in [3.05, 3.63) is 65.7 Å². The van der Waals surface area contributed by atoms with E-state index < -0.39 is 0 Å². The van der Waals surface area contributed by atoms with Gasteiger partial charge >= 0.3 is 0 Å². The van der Waals surface area contributed by atoms with Crippen LogP contribution in [0.1, 0.15) is 36.4 Å². The Labute approximate surface area is 121 Å². The lowest BCUT2D eigenvalue weighted by Crippen LogP contribution is -2.09. The number of ether oxygens (including phenoxy) is 1. The normalized spacial score (nSPS) is 12.1. The molecule has 2 aromatic rings. The van der Waals surface area contributed by atoms with Crippen LogP contribution in [-0.2, 0) is 6.42 Å². The predicted molar refractivity (Wildman–Crippen MR) is 83.9 cm³/mol. The van der Waals surface area contributed by atoms with Crippen molar-refractivity contribution in [1.82, 2.24) is 0 Å². The monoisotopic (exact) mass is 269 g/mol. The van der Waals surface area contributed by atoms with E-state index in [1.54, 1.807) is 7.11 Å². The summed E-state index contributed by atoms with van der Waals surface area (Å²) in [4.78, 5) is 0. The first-order valence-electron chi connectivity index (χ1n) is 7.23. The number of rotatable bonds is 7. The van der Waals surface area contributed by atoms with Crippen LogP contribution in [0.2, 0.25) is 0 Å². The molecule has 0 radical (unpaired) electrons. The van der Waals surface area contributed by atoms with Gasteiger partial charge in [-0.05, 0) is 42.5 Å². The first-order chi connectivity index (χ1) is 9.79. The maximum absolute atomic E-state index is 6.20. The fraction of sp³-hybridized carbons (Fsp3) is 0.333. The van der Waals surface area contributed by atoms with Crippen molar-refractivity contribution in [3.63, 3.8) is 0 Å². The van der Waals surface area contributed by atoms with Crippen LogP contribution < -0.4 is 10.5 Å². The third-order valence-corrected chi connectivity index (χ3v) is 3.62. The van der Waals surface area contributed by atoms with Gasteiger partial charge in [-0.15, -0.1) is 0 Å². The van der Waals surface area contributed by atoms with Crippen molar-refractivity contribution >= 4 is 0 Å². The van der Waals surface area contributed by atoms with Crippen molar-refractivity contribution in [2.45, 2.75) is 31.7 Å². The lowest BCUT2D eigenvalue weighted by atomic mass is 10.00. The minimum absolute atomic E-state index is 0.159. The number of hydrogen-bond donors (Lipinski definition) is 1. The molecule has 2 N–H and O–H groups in total. The predicted octanol–water partition coefficient (Wildman–Crippen LogP) is 4.11. The molecule has 1 atom stereocenters. The van der Waals surface area contributed by atoms with Gasteiger partial charge in [0.25, 0.3) is 0 Å². The summed E-state index contributed by atoms with van der Waals surface area (Å²) in [6, 6.07) is 18.8. The smallest absolute Gasteiger partial charge is 0.118 e. The Balaban J connectivity index is 1.70. The third-order valence-electron chi connectivity index (χ3n) is 3.62. The van der Waals surface area contributed by atoms with Crippen LogP contribution in [0, 0.1) is 0 Å². The molecule has 2 aromatic carbocycles. The number of nitrogens with two attached hydrogens (primary N) is 1. The van der Waals surface area contributed by atoms with Crippen molar-refractivity contribution in [2.24, 2.45) is 5.73 Å². The highest BCUT2D eigenvalue weighted by Crippen LogP contribution is 2.18. The maximum Gasteiger partial charge on any atom is 0.118 e. The Kier molecular flexibility index (Phi) is 5.63. The van der Waals surface area contributed by atoms with E-state index in [4.69, 9.17) is 10.5 Å². The zero-order valence-corrected chi connectivity index (χ0v) is 12.1. The van der Waals surface area contributed by atoms with Crippen molar-refractivity contribution in [1.29, 1.82) is 0 Å². The largest absolute Gasteiger partial charge is 0.497 e. The molecule has 0 amide bonds. The zero-order valence-electron chi connectivity index (χ0n) is 12.1. The summed E-state index contributed by atoms with van der Waals surface area (Å²) >= 11 is 0. The van der Waals surface area contributed by atoms with E-state index >= 15 is 0 Å². The van der Waals surface area contributed by atoms with Gasteiger partial charge in [0.05, 0.1) is 7.11 Å². The van der Waals surface area contributed by atoms with Crippen LogP contribution >= 0.6 is 0 Å². The fourth-order valence-electron chi connectivity index (χ4n) is 2.35. The molecular weight excluding hydrogens is 246 g/mol. The lowest BCUT2D eigenvalue weighted by Gasteiger charge is -2.11.